The highest BCUT2D eigenvalue weighted by Crippen LogP contribution is 2.39. The lowest BCUT2D eigenvalue weighted by Gasteiger charge is -2.28. The number of nitrogens with one attached hydrogen (secondary N) is 2. The van der Waals surface area contributed by atoms with Crippen LogP contribution in [0.5, 0.6) is 5.75 Å². The van der Waals surface area contributed by atoms with Crippen molar-refractivity contribution in [1.29, 1.82) is 0 Å². The zero-order chi connectivity index (χ0) is 25.1. The Kier molecular flexibility index (Phi) is 6.64. The summed E-state index contributed by atoms with van der Waals surface area (Å²) in [5.41, 5.74) is 3.22. The van der Waals surface area contributed by atoms with Crippen molar-refractivity contribution >= 4 is 28.9 Å². The van der Waals surface area contributed by atoms with E-state index in [1.165, 1.54) is 24.3 Å². The van der Waals surface area contributed by atoms with Crippen molar-refractivity contribution in [2.24, 2.45) is 0 Å². The maximum Gasteiger partial charge on any atom is 0.226 e. The molecule has 1 amide bonds. The van der Waals surface area contributed by atoms with Crippen LogP contribution in [-0.4, -0.2) is 37.1 Å². The third-order valence-corrected chi connectivity index (χ3v) is 6.47. The molecule has 2 aromatic heterocycles. The van der Waals surface area contributed by atoms with E-state index in [1.54, 1.807) is 18.3 Å². The maximum atomic E-state index is 13.2. The molecule has 4 aromatic rings. The average molecular weight is 502 g/mol. The van der Waals surface area contributed by atoms with Gasteiger partial charge in [0.1, 0.15) is 11.6 Å². The van der Waals surface area contributed by atoms with E-state index in [4.69, 9.17) is 12.2 Å². The molecule has 5 rings (SSSR count). The lowest BCUT2D eigenvalue weighted by Crippen LogP contribution is -2.33. The number of halogens is 1. The lowest BCUT2D eigenvalue weighted by atomic mass is 10.0. The van der Waals surface area contributed by atoms with Gasteiger partial charge < -0.3 is 25.2 Å². The number of phenolic OH excluding ortho intramolecular Hbond substituents is 1. The fourth-order valence-electron chi connectivity index (χ4n) is 4.43. The number of nitrogens with zero attached hydrogens (tertiary/aromatic N) is 3. The van der Waals surface area contributed by atoms with Gasteiger partial charge in [-0.05, 0) is 85.0 Å². The second kappa shape index (κ2) is 10.2. The number of carbonyl (C=O) groups is 1. The minimum absolute atomic E-state index is 0.185. The van der Waals surface area contributed by atoms with E-state index >= 15 is 0 Å². The molecule has 182 valence electrons. The molecule has 0 radical (unpaired) electrons. The molecule has 0 unspecified atom stereocenters. The van der Waals surface area contributed by atoms with Crippen LogP contribution in [0.25, 0.3) is 5.69 Å². The predicted octanol–water partition coefficient (Wildman–Crippen LogP) is 4.72. The third kappa shape index (κ3) is 4.92. The molecule has 1 saturated heterocycles. The van der Waals surface area contributed by atoms with E-state index in [-0.39, 0.29) is 36.0 Å². The molecule has 0 saturated carbocycles. The van der Waals surface area contributed by atoms with Gasteiger partial charge in [-0.3, -0.25) is 9.78 Å². The molecule has 0 aliphatic carbocycles. The normalized spacial score (nSPS) is 17.1. The number of hydrogen-bond donors (Lipinski definition) is 3. The number of amides is 1. The SMILES string of the molecule is O=C(CCN1C(=S)N[C@@H](c2ccccn2)[C@H]1c1cccn1-c1ccc(O)cc1)Nc1ccc(F)cc1. The first-order valence-electron chi connectivity index (χ1n) is 11.5. The van der Waals surface area contributed by atoms with Gasteiger partial charge in [0.25, 0.3) is 0 Å². The van der Waals surface area contributed by atoms with E-state index < -0.39 is 0 Å². The number of benzene rings is 2. The van der Waals surface area contributed by atoms with Crippen LogP contribution < -0.4 is 10.6 Å². The monoisotopic (exact) mass is 501 g/mol. The molecule has 2 atom stereocenters. The van der Waals surface area contributed by atoms with Crippen LogP contribution in [0.1, 0.15) is 29.9 Å². The van der Waals surface area contributed by atoms with Crippen LogP contribution in [0.3, 0.4) is 0 Å². The van der Waals surface area contributed by atoms with Gasteiger partial charge in [0, 0.05) is 42.4 Å². The van der Waals surface area contributed by atoms with Gasteiger partial charge in [-0.1, -0.05) is 6.07 Å². The van der Waals surface area contributed by atoms with Crippen LogP contribution in [0.4, 0.5) is 10.1 Å². The Morgan fingerprint density at radius 1 is 1.06 bits per heavy atom. The summed E-state index contributed by atoms with van der Waals surface area (Å²) in [6.45, 7) is 0.369. The van der Waals surface area contributed by atoms with E-state index in [0.29, 0.717) is 17.3 Å². The fraction of sp³-hybridized carbons (Fsp3) is 0.148. The summed E-state index contributed by atoms with van der Waals surface area (Å²) in [6.07, 6.45) is 3.89. The highest BCUT2D eigenvalue weighted by atomic mass is 32.1. The molecule has 0 spiro atoms. The zero-order valence-corrected chi connectivity index (χ0v) is 20.0. The van der Waals surface area contributed by atoms with Crippen molar-refractivity contribution in [2.45, 2.75) is 18.5 Å². The van der Waals surface area contributed by atoms with Gasteiger partial charge in [-0.2, -0.15) is 0 Å². The molecule has 9 heteroatoms. The molecular weight excluding hydrogens is 477 g/mol. The van der Waals surface area contributed by atoms with Crippen molar-refractivity contribution in [3.63, 3.8) is 0 Å². The molecule has 0 bridgehead atoms. The smallest absolute Gasteiger partial charge is 0.226 e. The second-order valence-electron chi connectivity index (χ2n) is 8.44. The van der Waals surface area contributed by atoms with E-state index in [1.807, 2.05) is 58.1 Å². The molecule has 2 aromatic carbocycles. The highest BCUT2D eigenvalue weighted by molar-refractivity contribution is 7.80. The first-order valence-corrected chi connectivity index (χ1v) is 11.9. The van der Waals surface area contributed by atoms with Gasteiger partial charge in [-0.15, -0.1) is 0 Å². The molecule has 1 fully saturated rings. The summed E-state index contributed by atoms with van der Waals surface area (Å²) in [5, 5.41) is 16.5. The highest BCUT2D eigenvalue weighted by Gasteiger charge is 2.41. The molecule has 1 aliphatic rings. The number of aromatic nitrogens is 2. The van der Waals surface area contributed by atoms with E-state index in [0.717, 1.165) is 17.1 Å². The van der Waals surface area contributed by atoms with Crippen LogP contribution in [0.2, 0.25) is 0 Å². The number of anilines is 1. The van der Waals surface area contributed by atoms with Gasteiger partial charge in [-0.25, -0.2) is 4.39 Å². The van der Waals surface area contributed by atoms with Gasteiger partial charge in [0.15, 0.2) is 5.11 Å². The number of carbonyl (C=O) groups excluding carboxylic acids is 1. The van der Waals surface area contributed by atoms with Gasteiger partial charge >= 0.3 is 0 Å². The predicted molar refractivity (Wildman–Crippen MR) is 139 cm³/mol. The quantitative estimate of drug-likeness (QED) is 0.318. The van der Waals surface area contributed by atoms with E-state index in [9.17, 15) is 14.3 Å². The first kappa shape index (κ1) is 23.5. The average Bonchev–Trinajstić information content (AvgIpc) is 3.49. The van der Waals surface area contributed by atoms with Crippen LogP contribution >= 0.6 is 12.2 Å². The minimum atomic E-state index is -0.360. The summed E-state index contributed by atoms with van der Waals surface area (Å²) in [6, 6.07) is 21.9. The third-order valence-electron chi connectivity index (χ3n) is 6.12. The molecule has 1 aliphatic heterocycles. The lowest BCUT2D eigenvalue weighted by molar-refractivity contribution is -0.116. The van der Waals surface area contributed by atoms with Crippen molar-refractivity contribution in [3.8, 4) is 11.4 Å². The number of rotatable bonds is 7. The molecule has 7 nitrogen and oxygen atoms in total. The van der Waals surface area contributed by atoms with Gasteiger partial charge in [0.2, 0.25) is 5.91 Å². The van der Waals surface area contributed by atoms with Crippen molar-refractivity contribution in [2.75, 3.05) is 11.9 Å². The standard InChI is InChI=1S/C27H24FN5O2S/c28-18-6-8-19(9-7-18)30-24(35)14-17-33-26(25(31-27(33)36)22-4-1-2-15-29-22)23-5-3-16-32(23)20-10-12-21(34)13-11-20/h1-13,15-16,25-26,34H,14,17H2,(H,30,35)(H,31,36)/t25-,26+/m0/s1. The molecular formula is C27H24FN5O2S. The molecule has 3 heterocycles. The van der Waals surface area contributed by atoms with Crippen LogP contribution in [0.15, 0.2) is 91.3 Å². The van der Waals surface area contributed by atoms with Crippen molar-refractivity contribution < 1.29 is 14.3 Å². The van der Waals surface area contributed by atoms with Crippen molar-refractivity contribution in [3.05, 3.63) is 108 Å². The topological polar surface area (TPSA) is 82.4 Å². The Bertz CT molecular complexity index is 1360. The maximum absolute atomic E-state index is 13.2. The minimum Gasteiger partial charge on any atom is -0.508 e. The Hall–Kier alpha value is -4.24. The van der Waals surface area contributed by atoms with Crippen LogP contribution in [0, 0.1) is 5.82 Å². The number of phenols is 1. The summed E-state index contributed by atoms with van der Waals surface area (Å²) in [4.78, 5) is 19.3. The Balaban J connectivity index is 1.43. The first-order chi connectivity index (χ1) is 17.5. The summed E-state index contributed by atoms with van der Waals surface area (Å²) in [5.74, 6) is -0.365. The largest absolute Gasteiger partial charge is 0.508 e. The molecule has 36 heavy (non-hydrogen) atoms. The molecule has 3 N–H and O–H groups in total. The number of hydrogen-bond acceptors (Lipinski definition) is 4. The fourth-order valence-corrected chi connectivity index (χ4v) is 4.76. The number of thiocarbonyl (C=S) groups is 1. The number of pyridine rings is 1. The Morgan fingerprint density at radius 2 is 1.83 bits per heavy atom. The Morgan fingerprint density at radius 3 is 2.56 bits per heavy atom. The van der Waals surface area contributed by atoms with Crippen LogP contribution in [-0.2, 0) is 4.79 Å². The van der Waals surface area contributed by atoms with E-state index in [2.05, 4.69) is 15.6 Å². The summed E-state index contributed by atoms with van der Waals surface area (Å²) < 4.78 is 15.2. The zero-order valence-electron chi connectivity index (χ0n) is 19.2. The van der Waals surface area contributed by atoms with Crippen molar-refractivity contribution in [1.82, 2.24) is 19.8 Å². The number of aromatic hydroxyl groups is 1. The Labute approximate surface area is 213 Å². The summed E-state index contributed by atoms with van der Waals surface area (Å²) >= 11 is 5.71. The second-order valence-corrected chi connectivity index (χ2v) is 8.83. The summed E-state index contributed by atoms with van der Waals surface area (Å²) in [7, 11) is 0. The van der Waals surface area contributed by atoms with Gasteiger partial charge in [0.05, 0.1) is 17.8 Å².